The van der Waals surface area contributed by atoms with Gasteiger partial charge in [0, 0.05) is 12.6 Å². The Morgan fingerprint density at radius 2 is 2.16 bits per heavy atom. The predicted octanol–water partition coefficient (Wildman–Crippen LogP) is 3.04. The molecule has 2 N–H and O–H groups in total. The van der Waals surface area contributed by atoms with Crippen LogP contribution in [0.15, 0.2) is 18.2 Å². The van der Waals surface area contributed by atoms with Gasteiger partial charge in [0.15, 0.2) is 0 Å². The van der Waals surface area contributed by atoms with Gasteiger partial charge in [-0.25, -0.2) is 0 Å². The summed E-state index contributed by atoms with van der Waals surface area (Å²) in [6.45, 7) is 5.07. The van der Waals surface area contributed by atoms with Crippen LogP contribution in [-0.4, -0.2) is 17.1 Å². The smallest absolute Gasteiger partial charge is 0.306 e. The molecule has 0 radical (unpaired) electrons. The molecule has 2 unspecified atom stereocenters. The first-order valence-electron chi connectivity index (χ1n) is 7.08. The Balaban J connectivity index is 1.89. The van der Waals surface area contributed by atoms with Crippen LogP contribution in [0.25, 0.3) is 0 Å². The average Bonchev–Trinajstić information content (AvgIpc) is 2.38. The SMILES string of the molecule is Cc1ccc(CNC2CCCC(C(=O)O)C2)c(C)c1. The van der Waals surface area contributed by atoms with Crippen molar-refractivity contribution >= 4 is 5.97 Å². The van der Waals surface area contributed by atoms with Gasteiger partial charge in [0.05, 0.1) is 5.92 Å². The van der Waals surface area contributed by atoms with Crippen molar-refractivity contribution in [2.45, 2.75) is 52.1 Å². The number of rotatable bonds is 4. The summed E-state index contributed by atoms with van der Waals surface area (Å²) in [7, 11) is 0. The molecular weight excluding hydrogens is 238 g/mol. The van der Waals surface area contributed by atoms with Gasteiger partial charge in [-0.2, -0.15) is 0 Å². The molecule has 0 bridgehead atoms. The van der Waals surface area contributed by atoms with Crippen LogP contribution < -0.4 is 5.32 Å². The summed E-state index contributed by atoms with van der Waals surface area (Å²) in [5.41, 5.74) is 3.89. The zero-order valence-electron chi connectivity index (χ0n) is 11.8. The Hall–Kier alpha value is -1.35. The molecule has 1 saturated carbocycles. The molecule has 0 heterocycles. The molecule has 2 atom stereocenters. The van der Waals surface area contributed by atoms with E-state index in [9.17, 15) is 4.79 Å². The van der Waals surface area contributed by atoms with Crippen molar-refractivity contribution in [1.82, 2.24) is 5.32 Å². The molecule has 3 heteroatoms. The van der Waals surface area contributed by atoms with Gasteiger partial charge in [-0.15, -0.1) is 0 Å². The van der Waals surface area contributed by atoms with Gasteiger partial charge in [-0.1, -0.05) is 30.2 Å². The summed E-state index contributed by atoms with van der Waals surface area (Å²) in [6, 6.07) is 6.83. The van der Waals surface area contributed by atoms with Gasteiger partial charge < -0.3 is 10.4 Å². The Morgan fingerprint density at radius 3 is 2.84 bits per heavy atom. The van der Waals surface area contributed by atoms with E-state index in [1.807, 2.05) is 0 Å². The molecular formula is C16H23NO2. The number of aliphatic carboxylic acids is 1. The van der Waals surface area contributed by atoms with Crippen LogP contribution in [0.3, 0.4) is 0 Å². The number of benzene rings is 1. The molecule has 0 spiro atoms. The first-order valence-corrected chi connectivity index (χ1v) is 7.08. The highest BCUT2D eigenvalue weighted by Crippen LogP contribution is 2.24. The van der Waals surface area contributed by atoms with Crippen molar-refractivity contribution in [3.8, 4) is 0 Å². The molecule has 1 aliphatic rings. The molecule has 104 valence electrons. The Kier molecular flexibility index (Phi) is 4.59. The lowest BCUT2D eigenvalue weighted by molar-refractivity contribution is -0.143. The van der Waals surface area contributed by atoms with Gasteiger partial charge in [0.1, 0.15) is 0 Å². The highest BCUT2D eigenvalue weighted by molar-refractivity contribution is 5.70. The van der Waals surface area contributed by atoms with E-state index in [0.717, 1.165) is 32.2 Å². The minimum absolute atomic E-state index is 0.162. The average molecular weight is 261 g/mol. The highest BCUT2D eigenvalue weighted by atomic mass is 16.4. The third-order valence-corrected chi connectivity index (χ3v) is 4.10. The zero-order chi connectivity index (χ0) is 13.8. The number of hydrogen-bond donors (Lipinski definition) is 2. The first-order chi connectivity index (χ1) is 9.06. The molecule has 19 heavy (non-hydrogen) atoms. The molecule has 0 saturated heterocycles. The maximum absolute atomic E-state index is 11.0. The molecule has 1 fully saturated rings. The summed E-state index contributed by atoms with van der Waals surface area (Å²) in [5.74, 6) is -0.802. The lowest BCUT2D eigenvalue weighted by atomic mass is 9.85. The topological polar surface area (TPSA) is 49.3 Å². The van der Waals surface area contributed by atoms with Gasteiger partial charge in [0.25, 0.3) is 0 Å². The molecule has 0 amide bonds. The molecule has 0 aromatic heterocycles. The van der Waals surface area contributed by atoms with Crippen LogP contribution in [0, 0.1) is 19.8 Å². The van der Waals surface area contributed by atoms with Crippen molar-refractivity contribution in [2.75, 3.05) is 0 Å². The monoisotopic (exact) mass is 261 g/mol. The van der Waals surface area contributed by atoms with E-state index in [1.54, 1.807) is 0 Å². The second-order valence-corrected chi connectivity index (χ2v) is 5.71. The van der Waals surface area contributed by atoms with E-state index in [4.69, 9.17) is 5.11 Å². The lowest BCUT2D eigenvalue weighted by Crippen LogP contribution is -2.36. The van der Waals surface area contributed by atoms with Gasteiger partial charge in [0.2, 0.25) is 0 Å². The summed E-state index contributed by atoms with van der Waals surface area (Å²) in [6.07, 6.45) is 3.70. The van der Waals surface area contributed by atoms with E-state index in [0.29, 0.717) is 6.04 Å². The zero-order valence-corrected chi connectivity index (χ0v) is 11.8. The van der Waals surface area contributed by atoms with Crippen LogP contribution in [0.5, 0.6) is 0 Å². The summed E-state index contributed by atoms with van der Waals surface area (Å²) in [5, 5.41) is 12.6. The third kappa shape index (κ3) is 3.80. The largest absolute Gasteiger partial charge is 0.481 e. The molecule has 0 aliphatic heterocycles. The van der Waals surface area contributed by atoms with E-state index in [1.165, 1.54) is 16.7 Å². The Morgan fingerprint density at radius 1 is 1.37 bits per heavy atom. The molecule has 1 aliphatic carbocycles. The van der Waals surface area contributed by atoms with Crippen LogP contribution in [0.4, 0.5) is 0 Å². The van der Waals surface area contributed by atoms with Crippen LogP contribution in [-0.2, 0) is 11.3 Å². The molecule has 1 aromatic carbocycles. The Labute approximate surface area is 115 Å². The van der Waals surface area contributed by atoms with E-state index in [-0.39, 0.29) is 5.92 Å². The second kappa shape index (κ2) is 6.20. The van der Waals surface area contributed by atoms with Crippen LogP contribution in [0.1, 0.15) is 42.4 Å². The van der Waals surface area contributed by atoms with Crippen LogP contribution in [0.2, 0.25) is 0 Å². The highest BCUT2D eigenvalue weighted by Gasteiger charge is 2.26. The molecule has 3 nitrogen and oxygen atoms in total. The van der Waals surface area contributed by atoms with Gasteiger partial charge in [-0.05, 0) is 44.2 Å². The van der Waals surface area contributed by atoms with Gasteiger partial charge in [-0.3, -0.25) is 4.79 Å². The van der Waals surface area contributed by atoms with Crippen molar-refractivity contribution in [3.05, 3.63) is 34.9 Å². The molecule has 2 rings (SSSR count). The lowest BCUT2D eigenvalue weighted by Gasteiger charge is -2.27. The second-order valence-electron chi connectivity index (χ2n) is 5.71. The maximum atomic E-state index is 11.0. The van der Waals surface area contributed by atoms with Crippen molar-refractivity contribution in [3.63, 3.8) is 0 Å². The standard InChI is InChI=1S/C16H23NO2/c1-11-6-7-14(12(2)8-11)10-17-15-5-3-4-13(9-15)16(18)19/h6-8,13,15,17H,3-5,9-10H2,1-2H3,(H,18,19). The van der Waals surface area contributed by atoms with Crippen molar-refractivity contribution < 1.29 is 9.90 Å². The fourth-order valence-electron chi connectivity index (χ4n) is 2.90. The maximum Gasteiger partial charge on any atom is 0.306 e. The number of aryl methyl sites for hydroxylation is 2. The summed E-state index contributed by atoms with van der Waals surface area (Å²) in [4.78, 5) is 11.0. The van der Waals surface area contributed by atoms with Crippen molar-refractivity contribution in [2.24, 2.45) is 5.92 Å². The summed E-state index contributed by atoms with van der Waals surface area (Å²) >= 11 is 0. The number of carbonyl (C=O) groups is 1. The number of nitrogens with one attached hydrogen (secondary N) is 1. The van der Waals surface area contributed by atoms with Crippen molar-refractivity contribution in [1.29, 1.82) is 0 Å². The predicted molar refractivity (Wildman–Crippen MR) is 76.1 cm³/mol. The minimum Gasteiger partial charge on any atom is -0.481 e. The number of carboxylic acids is 1. The van der Waals surface area contributed by atoms with E-state index < -0.39 is 5.97 Å². The first kappa shape index (κ1) is 14.1. The minimum atomic E-state index is -0.641. The normalized spacial score (nSPS) is 23.3. The summed E-state index contributed by atoms with van der Waals surface area (Å²) < 4.78 is 0. The fourth-order valence-corrected chi connectivity index (χ4v) is 2.90. The quantitative estimate of drug-likeness (QED) is 0.876. The number of hydrogen-bond acceptors (Lipinski definition) is 2. The Bertz CT molecular complexity index is 456. The third-order valence-electron chi connectivity index (χ3n) is 4.10. The fraction of sp³-hybridized carbons (Fsp3) is 0.562. The van der Waals surface area contributed by atoms with E-state index >= 15 is 0 Å². The number of carboxylic acid groups (broad SMARTS) is 1. The van der Waals surface area contributed by atoms with Crippen LogP contribution >= 0.6 is 0 Å². The molecule has 1 aromatic rings. The van der Waals surface area contributed by atoms with Gasteiger partial charge >= 0.3 is 5.97 Å². The van der Waals surface area contributed by atoms with E-state index in [2.05, 4.69) is 37.4 Å².